The third kappa shape index (κ3) is 3.97. The van der Waals surface area contributed by atoms with Crippen LogP contribution in [0.1, 0.15) is 60.1 Å². The van der Waals surface area contributed by atoms with E-state index in [4.69, 9.17) is 12.2 Å². The molecule has 3 aromatic rings. The van der Waals surface area contributed by atoms with Crippen molar-refractivity contribution in [3.63, 3.8) is 0 Å². The number of unbranched alkanes of at least 4 members (excludes halogenated alkanes) is 1. The highest BCUT2D eigenvalue weighted by atomic mass is 32.1. The maximum Gasteiger partial charge on any atom is 0.170 e. The summed E-state index contributed by atoms with van der Waals surface area (Å²) < 4.78 is 2.39. The number of nitrogens with one attached hydrogen (secondary N) is 1. The lowest BCUT2D eigenvalue weighted by atomic mass is 9.96. The van der Waals surface area contributed by atoms with Crippen LogP contribution in [0, 0.1) is 13.8 Å². The predicted molar refractivity (Wildman–Crippen MR) is 124 cm³/mol. The molecule has 0 saturated carbocycles. The summed E-state index contributed by atoms with van der Waals surface area (Å²) >= 11 is 5.77. The van der Waals surface area contributed by atoms with Crippen LogP contribution in [0.15, 0.2) is 55.0 Å². The van der Waals surface area contributed by atoms with Crippen molar-refractivity contribution in [3.8, 4) is 0 Å². The molecule has 1 saturated heterocycles. The average Bonchev–Trinajstić information content (AvgIpc) is 3.24. The Kier molecular flexibility index (Phi) is 6.13. The quantitative estimate of drug-likeness (QED) is 0.562. The fourth-order valence-corrected chi connectivity index (χ4v) is 4.69. The van der Waals surface area contributed by atoms with Gasteiger partial charge in [-0.15, -0.1) is 0 Å². The van der Waals surface area contributed by atoms with E-state index < -0.39 is 0 Å². The molecule has 2 atom stereocenters. The largest absolute Gasteiger partial charge is 0.352 e. The number of pyridine rings is 2. The van der Waals surface area contributed by atoms with E-state index in [2.05, 4.69) is 69.8 Å². The molecule has 3 aromatic heterocycles. The van der Waals surface area contributed by atoms with Crippen LogP contribution in [-0.2, 0) is 6.54 Å². The van der Waals surface area contributed by atoms with Crippen LogP contribution in [-0.4, -0.2) is 31.1 Å². The molecule has 0 radical (unpaired) electrons. The lowest BCUT2D eigenvalue weighted by molar-refractivity contribution is 0.311. The Balaban J connectivity index is 1.74. The SMILES string of the molecule is CCCCN1C(=S)N[C@@H](c2ccccn2)[C@H]1c1cc(C)n(Cc2ccncc2)c1C. The third-order valence-electron chi connectivity index (χ3n) is 5.97. The molecule has 1 aliphatic heterocycles. The van der Waals surface area contributed by atoms with Crippen molar-refractivity contribution in [3.05, 3.63) is 83.2 Å². The van der Waals surface area contributed by atoms with E-state index >= 15 is 0 Å². The molecule has 30 heavy (non-hydrogen) atoms. The molecule has 6 heteroatoms. The lowest BCUT2D eigenvalue weighted by Gasteiger charge is -2.28. The molecule has 0 unspecified atom stereocenters. The van der Waals surface area contributed by atoms with Gasteiger partial charge >= 0.3 is 0 Å². The molecule has 1 aliphatic rings. The fourth-order valence-electron chi connectivity index (χ4n) is 4.35. The Morgan fingerprint density at radius 2 is 1.90 bits per heavy atom. The van der Waals surface area contributed by atoms with Gasteiger partial charge in [0.1, 0.15) is 0 Å². The first-order valence-electron chi connectivity index (χ1n) is 10.6. The minimum atomic E-state index is 0.0467. The van der Waals surface area contributed by atoms with Gasteiger partial charge in [-0.05, 0) is 73.9 Å². The first kappa shape index (κ1) is 20.5. The van der Waals surface area contributed by atoms with E-state index in [1.807, 2.05) is 30.7 Å². The average molecular weight is 420 g/mol. The van der Waals surface area contributed by atoms with E-state index in [-0.39, 0.29) is 12.1 Å². The minimum absolute atomic E-state index is 0.0467. The normalized spacial score (nSPS) is 18.6. The molecule has 1 N–H and O–H groups in total. The maximum atomic E-state index is 5.77. The summed E-state index contributed by atoms with van der Waals surface area (Å²) in [5.41, 5.74) is 6.14. The number of nitrogens with zero attached hydrogens (tertiary/aromatic N) is 4. The Hall–Kier alpha value is -2.73. The third-order valence-corrected chi connectivity index (χ3v) is 6.32. The number of rotatable bonds is 7. The molecule has 0 amide bonds. The van der Waals surface area contributed by atoms with Gasteiger partial charge in [0, 0.05) is 43.1 Å². The van der Waals surface area contributed by atoms with Crippen molar-refractivity contribution in [2.45, 2.75) is 52.2 Å². The summed E-state index contributed by atoms with van der Waals surface area (Å²) in [6, 6.07) is 12.8. The first-order chi connectivity index (χ1) is 14.6. The van der Waals surface area contributed by atoms with E-state index in [0.717, 1.165) is 36.7 Å². The maximum absolute atomic E-state index is 5.77. The molecule has 4 heterocycles. The van der Waals surface area contributed by atoms with Crippen molar-refractivity contribution in [1.29, 1.82) is 0 Å². The summed E-state index contributed by atoms with van der Waals surface area (Å²) in [6.07, 6.45) is 7.82. The second-order valence-electron chi connectivity index (χ2n) is 7.94. The van der Waals surface area contributed by atoms with Crippen LogP contribution in [0.2, 0.25) is 0 Å². The molecule has 0 spiro atoms. The van der Waals surface area contributed by atoms with Gasteiger partial charge in [0.05, 0.1) is 17.8 Å². The van der Waals surface area contributed by atoms with Crippen LogP contribution in [0.5, 0.6) is 0 Å². The zero-order valence-electron chi connectivity index (χ0n) is 17.9. The topological polar surface area (TPSA) is 46.0 Å². The van der Waals surface area contributed by atoms with Gasteiger partial charge in [0.15, 0.2) is 5.11 Å². The molecular formula is C24H29N5S. The zero-order valence-corrected chi connectivity index (χ0v) is 18.7. The predicted octanol–water partition coefficient (Wildman–Crippen LogP) is 4.72. The van der Waals surface area contributed by atoms with Gasteiger partial charge < -0.3 is 14.8 Å². The van der Waals surface area contributed by atoms with Crippen molar-refractivity contribution in [2.24, 2.45) is 0 Å². The Bertz CT molecular complexity index is 999. The summed E-state index contributed by atoms with van der Waals surface area (Å²) in [5.74, 6) is 0. The zero-order chi connectivity index (χ0) is 21.1. The fraction of sp³-hybridized carbons (Fsp3) is 0.375. The van der Waals surface area contributed by atoms with E-state index in [0.29, 0.717) is 0 Å². The highest BCUT2D eigenvalue weighted by Crippen LogP contribution is 2.41. The second kappa shape index (κ2) is 8.96. The second-order valence-corrected chi connectivity index (χ2v) is 8.33. The molecule has 0 bridgehead atoms. The summed E-state index contributed by atoms with van der Waals surface area (Å²) in [4.78, 5) is 11.2. The van der Waals surface area contributed by atoms with Gasteiger partial charge in [-0.3, -0.25) is 9.97 Å². The van der Waals surface area contributed by atoms with Crippen molar-refractivity contribution < 1.29 is 0 Å². The smallest absolute Gasteiger partial charge is 0.170 e. The van der Waals surface area contributed by atoms with Crippen LogP contribution in [0.4, 0.5) is 0 Å². The number of hydrogen-bond donors (Lipinski definition) is 1. The molecule has 0 aromatic carbocycles. The van der Waals surface area contributed by atoms with Crippen LogP contribution in [0.3, 0.4) is 0 Å². The number of thiocarbonyl (C=S) groups is 1. The van der Waals surface area contributed by atoms with Gasteiger partial charge in [0.25, 0.3) is 0 Å². The van der Waals surface area contributed by atoms with E-state index in [1.165, 1.54) is 22.5 Å². The van der Waals surface area contributed by atoms with Gasteiger partial charge in [-0.2, -0.15) is 0 Å². The lowest BCUT2D eigenvalue weighted by Crippen LogP contribution is -2.30. The van der Waals surface area contributed by atoms with Crippen LogP contribution >= 0.6 is 12.2 Å². The highest BCUT2D eigenvalue weighted by Gasteiger charge is 2.40. The van der Waals surface area contributed by atoms with E-state index in [9.17, 15) is 0 Å². The monoisotopic (exact) mass is 419 g/mol. The van der Waals surface area contributed by atoms with Crippen molar-refractivity contribution in [2.75, 3.05) is 6.54 Å². The Labute approximate surface area is 184 Å². The number of aromatic nitrogens is 3. The van der Waals surface area contributed by atoms with Gasteiger partial charge in [-0.25, -0.2) is 0 Å². The Morgan fingerprint density at radius 3 is 2.60 bits per heavy atom. The molecule has 5 nitrogen and oxygen atoms in total. The van der Waals surface area contributed by atoms with Gasteiger partial charge in [0.2, 0.25) is 0 Å². The van der Waals surface area contributed by atoms with Crippen molar-refractivity contribution >= 4 is 17.3 Å². The minimum Gasteiger partial charge on any atom is -0.352 e. The van der Waals surface area contributed by atoms with Crippen molar-refractivity contribution in [1.82, 2.24) is 24.8 Å². The molecule has 0 aliphatic carbocycles. The summed E-state index contributed by atoms with van der Waals surface area (Å²) in [6.45, 7) is 8.42. The highest BCUT2D eigenvalue weighted by molar-refractivity contribution is 7.80. The molecule has 156 valence electrons. The molecule has 1 fully saturated rings. The molecular weight excluding hydrogens is 390 g/mol. The Morgan fingerprint density at radius 1 is 1.10 bits per heavy atom. The molecule has 4 rings (SSSR count). The van der Waals surface area contributed by atoms with Crippen LogP contribution in [0.25, 0.3) is 0 Å². The van der Waals surface area contributed by atoms with Crippen LogP contribution < -0.4 is 5.32 Å². The standard InChI is InChI=1S/C24H29N5S/c1-4-5-14-28-23(22(27-24(28)30)21-8-6-7-11-26-21)20-15-17(2)29(18(20)3)16-19-9-12-25-13-10-19/h6-13,15,22-23H,4-5,14,16H2,1-3H3,(H,27,30)/t22-,23+/m0/s1. The van der Waals surface area contributed by atoms with Gasteiger partial charge in [-0.1, -0.05) is 19.4 Å². The summed E-state index contributed by atoms with van der Waals surface area (Å²) in [5, 5.41) is 4.38. The first-order valence-corrected chi connectivity index (χ1v) is 11.0. The summed E-state index contributed by atoms with van der Waals surface area (Å²) in [7, 11) is 0. The number of hydrogen-bond acceptors (Lipinski definition) is 3. The van der Waals surface area contributed by atoms with E-state index in [1.54, 1.807) is 0 Å². The number of aryl methyl sites for hydroxylation is 1.